The van der Waals surface area contributed by atoms with Crippen molar-refractivity contribution in [1.29, 1.82) is 0 Å². The van der Waals surface area contributed by atoms with E-state index in [1.807, 2.05) is 6.07 Å². The largest absolute Gasteiger partial charge is 0.389 e. The van der Waals surface area contributed by atoms with Crippen LogP contribution in [0.15, 0.2) is 18.2 Å². The molecule has 168 valence electrons. The molecular formula is C25H39FN2O2. The lowest BCUT2D eigenvalue weighted by Crippen LogP contribution is -2.42. The second-order valence-electron chi connectivity index (χ2n) is 9.47. The summed E-state index contributed by atoms with van der Waals surface area (Å²) >= 11 is 0. The van der Waals surface area contributed by atoms with E-state index < -0.39 is 5.60 Å². The number of carbonyl (C=O) groups is 1. The zero-order valence-electron chi connectivity index (χ0n) is 18.5. The van der Waals surface area contributed by atoms with Crippen molar-refractivity contribution >= 4 is 6.29 Å². The minimum Gasteiger partial charge on any atom is -0.389 e. The van der Waals surface area contributed by atoms with Gasteiger partial charge in [0, 0.05) is 24.7 Å². The number of nitrogens with one attached hydrogen (secondary N) is 1. The van der Waals surface area contributed by atoms with Crippen molar-refractivity contribution in [1.82, 2.24) is 10.2 Å². The summed E-state index contributed by atoms with van der Waals surface area (Å²) in [5.74, 6) is 0.661. The standard InChI is InChI=1S/C16H22FN.C9H17NO2/c1-18-11-10-12-8-5-9-14(17)15(12)16(18)13-6-3-2-4-7-13;11-7-6-10-8-9(12)4-2-1-3-5-9/h5,8-9,13,16H,2-4,6-7,10-11H2,1H3;7,10,12H,1-6,8H2. The van der Waals surface area contributed by atoms with Gasteiger partial charge in [-0.3, -0.25) is 4.90 Å². The molecule has 1 aliphatic heterocycles. The summed E-state index contributed by atoms with van der Waals surface area (Å²) in [4.78, 5) is 12.4. The highest BCUT2D eigenvalue weighted by Crippen LogP contribution is 2.42. The third kappa shape index (κ3) is 6.12. The Morgan fingerprint density at radius 1 is 1.17 bits per heavy atom. The molecule has 2 N–H and O–H groups in total. The number of hydrogen-bond acceptors (Lipinski definition) is 4. The van der Waals surface area contributed by atoms with Gasteiger partial charge in [-0.05, 0) is 56.7 Å². The van der Waals surface area contributed by atoms with Crippen LogP contribution in [-0.2, 0) is 11.2 Å². The first-order chi connectivity index (χ1) is 14.5. The molecule has 1 aromatic rings. The first-order valence-electron chi connectivity index (χ1n) is 11.9. The van der Waals surface area contributed by atoms with E-state index in [0.717, 1.165) is 50.5 Å². The lowest BCUT2D eigenvalue weighted by molar-refractivity contribution is -0.107. The van der Waals surface area contributed by atoms with Crippen molar-refractivity contribution in [2.75, 3.05) is 26.7 Å². The highest BCUT2D eigenvalue weighted by atomic mass is 19.1. The van der Waals surface area contributed by atoms with Gasteiger partial charge in [-0.25, -0.2) is 4.39 Å². The van der Waals surface area contributed by atoms with Crippen LogP contribution in [0.1, 0.15) is 81.4 Å². The quantitative estimate of drug-likeness (QED) is 0.550. The summed E-state index contributed by atoms with van der Waals surface area (Å²) < 4.78 is 14.2. The second-order valence-corrected chi connectivity index (χ2v) is 9.47. The van der Waals surface area contributed by atoms with Gasteiger partial charge in [0.05, 0.1) is 12.1 Å². The minimum absolute atomic E-state index is 0.00891. The molecular weight excluding hydrogens is 379 g/mol. The van der Waals surface area contributed by atoms with E-state index in [4.69, 9.17) is 0 Å². The Labute approximate surface area is 181 Å². The van der Waals surface area contributed by atoms with Crippen LogP contribution >= 0.6 is 0 Å². The molecule has 1 atom stereocenters. The molecule has 3 aliphatic rings. The fourth-order valence-corrected chi connectivity index (χ4v) is 5.58. The van der Waals surface area contributed by atoms with Gasteiger partial charge < -0.3 is 15.2 Å². The fraction of sp³-hybridized carbons (Fsp3) is 0.720. The number of likely N-dealkylation sites (N-methyl/N-ethyl adjacent to an activating group) is 1. The molecule has 5 heteroatoms. The Balaban J connectivity index is 0.000000187. The van der Waals surface area contributed by atoms with Crippen molar-refractivity contribution in [3.8, 4) is 0 Å². The van der Waals surface area contributed by atoms with Gasteiger partial charge in [0.1, 0.15) is 12.1 Å². The van der Waals surface area contributed by atoms with Gasteiger partial charge in [0.2, 0.25) is 0 Å². The number of aliphatic hydroxyl groups is 1. The first-order valence-corrected chi connectivity index (χ1v) is 11.9. The molecule has 4 nitrogen and oxygen atoms in total. The zero-order valence-corrected chi connectivity index (χ0v) is 18.5. The second kappa shape index (κ2) is 11.4. The average Bonchev–Trinajstić information content (AvgIpc) is 2.76. The van der Waals surface area contributed by atoms with E-state index in [-0.39, 0.29) is 5.82 Å². The Bertz CT molecular complexity index is 669. The molecule has 2 saturated carbocycles. The Kier molecular flexibility index (Phi) is 8.84. The highest BCUT2D eigenvalue weighted by Gasteiger charge is 2.34. The maximum Gasteiger partial charge on any atom is 0.133 e. The Morgan fingerprint density at radius 2 is 1.87 bits per heavy atom. The third-order valence-corrected chi connectivity index (χ3v) is 7.21. The van der Waals surface area contributed by atoms with E-state index in [1.165, 1.54) is 44.1 Å². The molecule has 1 unspecified atom stereocenters. The summed E-state index contributed by atoms with van der Waals surface area (Å²) in [6.07, 6.45) is 13.5. The molecule has 2 aliphatic carbocycles. The summed E-state index contributed by atoms with van der Waals surface area (Å²) in [7, 11) is 2.16. The van der Waals surface area contributed by atoms with Crippen LogP contribution in [0.25, 0.3) is 0 Å². The number of nitrogens with zero attached hydrogens (tertiary/aromatic N) is 1. The predicted octanol–water partition coefficient (Wildman–Crippen LogP) is 4.41. The summed E-state index contributed by atoms with van der Waals surface area (Å²) in [5.41, 5.74) is 1.70. The number of benzene rings is 1. The first kappa shape index (κ1) is 23.4. The number of fused-ring (bicyclic) bond motifs is 1. The molecule has 0 amide bonds. The van der Waals surface area contributed by atoms with Gasteiger partial charge in [0.25, 0.3) is 0 Å². The monoisotopic (exact) mass is 418 g/mol. The van der Waals surface area contributed by atoms with Crippen molar-refractivity contribution in [3.05, 3.63) is 35.1 Å². The van der Waals surface area contributed by atoms with Gasteiger partial charge in [-0.1, -0.05) is 50.7 Å². The number of rotatable bonds is 5. The molecule has 0 spiro atoms. The van der Waals surface area contributed by atoms with Crippen LogP contribution < -0.4 is 5.32 Å². The van der Waals surface area contributed by atoms with Crippen LogP contribution in [0.5, 0.6) is 0 Å². The minimum atomic E-state index is -0.540. The molecule has 30 heavy (non-hydrogen) atoms. The number of hydrogen-bond donors (Lipinski definition) is 2. The van der Waals surface area contributed by atoms with Crippen molar-refractivity contribution in [2.24, 2.45) is 5.92 Å². The number of halogens is 1. The lowest BCUT2D eigenvalue weighted by atomic mass is 9.77. The summed E-state index contributed by atoms with van der Waals surface area (Å²) in [5, 5.41) is 12.8. The topological polar surface area (TPSA) is 52.6 Å². The summed E-state index contributed by atoms with van der Waals surface area (Å²) in [6.45, 7) is 1.98. The van der Waals surface area contributed by atoms with E-state index in [0.29, 0.717) is 25.0 Å². The smallest absolute Gasteiger partial charge is 0.133 e. The van der Waals surface area contributed by atoms with Crippen molar-refractivity contribution < 1.29 is 14.3 Å². The van der Waals surface area contributed by atoms with E-state index in [9.17, 15) is 14.3 Å². The molecule has 4 rings (SSSR count). The average molecular weight is 419 g/mol. The van der Waals surface area contributed by atoms with Crippen LogP contribution in [0.4, 0.5) is 4.39 Å². The number of carbonyl (C=O) groups excluding carboxylic acids is 1. The molecule has 1 heterocycles. The van der Waals surface area contributed by atoms with Crippen LogP contribution in [0, 0.1) is 11.7 Å². The van der Waals surface area contributed by atoms with Crippen molar-refractivity contribution in [2.45, 2.75) is 82.3 Å². The molecule has 0 saturated heterocycles. The van der Waals surface area contributed by atoms with Crippen LogP contribution in [0.3, 0.4) is 0 Å². The molecule has 1 aromatic carbocycles. The van der Waals surface area contributed by atoms with Gasteiger partial charge >= 0.3 is 0 Å². The van der Waals surface area contributed by atoms with Crippen molar-refractivity contribution in [3.63, 3.8) is 0 Å². The Hall–Kier alpha value is -1.30. The molecule has 0 radical (unpaired) electrons. The van der Waals surface area contributed by atoms with Gasteiger partial charge in [-0.2, -0.15) is 0 Å². The van der Waals surface area contributed by atoms with E-state index in [2.05, 4.69) is 23.3 Å². The predicted molar refractivity (Wildman–Crippen MR) is 119 cm³/mol. The Morgan fingerprint density at radius 3 is 2.57 bits per heavy atom. The highest BCUT2D eigenvalue weighted by molar-refractivity contribution is 5.51. The fourth-order valence-electron chi connectivity index (χ4n) is 5.58. The maximum atomic E-state index is 14.2. The normalized spacial score (nSPS) is 24.4. The third-order valence-electron chi connectivity index (χ3n) is 7.21. The SMILES string of the molecule is CN1CCc2cccc(F)c2C1C1CCCCC1.O=CCNCC1(O)CCCCC1. The summed E-state index contributed by atoms with van der Waals surface area (Å²) in [6, 6.07) is 5.92. The van der Waals surface area contributed by atoms with E-state index >= 15 is 0 Å². The van der Waals surface area contributed by atoms with Crippen LogP contribution in [0.2, 0.25) is 0 Å². The maximum absolute atomic E-state index is 14.2. The van der Waals surface area contributed by atoms with E-state index in [1.54, 1.807) is 6.07 Å². The molecule has 0 aromatic heterocycles. The van der Waals surface area contributed by atoms with Gasteiger partial charge in [-0.15, -0.1) is 0 Å². The molecule has 2 fully saturated rings. The molecule has 0 bridgehead atoms. The van der Waals surface area contributed by atoms with Gasteiger partial charge in [0.15, 0.2) is 0 Å². The lowest BCUT2D eigenvalue weighted by Gasteiger charge is -2.41. The van der Waals surface area contributed by atoms with Crippen LogP contribution in [-0.4, -0.2) is 48.6 Å². The zero-order chi connectivity index (χ0) is 21.4. The number of aldehydes is 1.